The van der Waals surface area contributed by atoms with Crippen LogP contribution in [0.2, 0.25) is 5.02 Å². The number of nitrogens with zero attached hydrogens (tertiary/aromatic N) is 3. The fourth-order valence-electron chi connectivity index (χ4n) is 7.36. The SMILES string of the molecule is CC(C)(C)OC(=O)N[C@H]1CCCCCC=C=C[C@@H]2C[C@@]2(C(=O)NS(=O)(=O)N2CCOCC2)NC(=O)[C@@H]2C[C@@H](OC(=O)N3Cc4cccc(Cl)c4C3)CN2C1=O. The van der Waals surface area contributed by atoms with Crippen LogP contribution >= 0.6 is 11.6 Å². The Bertz CT molecular complexity index is 1860. The number of rotatable bonds is 5. The summed E-state index contributed by atoms with van der Waals surface area (Å²) in [6.45, 7) is 5.88. The first-order chi connectivity index (χ1) is 26.1. The lowest BCUT2D eigenvalue weighted by molar-refractivity contribution is -0.141. The van der Waals surface area contributed by atoms with Gasteiger partial charge >= 0.3 is 22.4 Å². The van der Waals surface area contributed by atoms with Crippen LogP contribution in [0.1, 0.15) is 76.8 Å². The summed E-state index contributed by atoms with van der Waals surface area (Å²) in [6, 6.07) is 3.09. The van der Waals surface area contributed by atoms with Crippen molar-refractivity contribution in [2.75, 3.05) is 32.8 Å². The highest BCUT2D eigenvalue weighted by molar-refractivity contribution is 7.87. The number of hydrogen-bond donors (Lipinski definition) is 3. The van der Waals surface area contributed by atoms with Crippen LogP contribution in [0, 0.1) is 5.92 Å². The molecule has 0 aromatic heterocycles. The monoisotopic (exact) mass is 804 g/mol. The number of hydrogen-bond acceptors (Lipinski definition) is 10. The van der Waals surface area contributed by atoms with Crippen LogP contribution in [0.5, 0.6) is 0 Å². The maximum Gasteiger partial charge on any atom is 0.410 e. The standard InChI is InChI=1S/C37H49ClN6O10S/c1-36(2,3)54-34(48)39-29-14-9-7-5-4-6-8-12-25-20-37(25,33(47)41-55(50,51)43-15-17-52-18-16-43)40-31(45)30-19-26(22-44(30)32(29)46)53-35(49)42-21-24-11-10-13-28(38)27(24)23-42/h6,10-13,25-26,29-30H,4-5,7,9,14-23H2,1-3H3,(H,39,48)(H,40,45)(H,41,47)/t8?,25-,26-,29+,30+,37-/m1/s1. The average molecular weight is 805 g/mol. The quantitative estimate of drug-likeness (QED) is 0.373. The summed E-state index contributed by atoms with van der Waals surface area (Å²) in [5, 5.41) is 6.00. The smallest absolute Gasteiger partial charge is 0.410 e. The van der Waals surface area contributed by atoms with Crippen molar-refractivity contribution in [3.05, 3.63) is 52.2 Å². The molecule has 0 unspecified atom stereocenters. The van der Waals surface area contributed by atoms with Crippen molar-refractivity contribution >= 4 is 51.7 Å². The number of carbonyl (C=O) groups is 5. The van der Waals surface area contributed by atoms with Crippen LogP contribution in [-0.4, -0.2) is 115 Å². The second-order valence-corrected chi connectivity index (χ2v) is 17.7. The third-order valence-electron chi connectivity index (χ3n) is 10.3. The summed E-state index contributed by atoms with van der Waals surface area (Å²) in [7, 11) is -4.27. The minimum atomic E-state index is -4.27. The normalized spacial score (nSPS) is 27.7. The number of fused-ring (bicyclic) bond motifs is 3. The molecule has 0 bridgehead atoms. The summed E-state index contributed by atoms with van der Waals surface area (Å²) in [5.41, 5.74) is 2.28. The maximum atomic E-state index is 14.4. The van der Waals surface area contributed by atoms with E-state index >= 15 is 0 Å². The lowest BCUT2D eigenvalue weighted by atomic mass is 10.0. The maximum absolute atomic E-state index is 14.4. The fraction of sp³-hybridized carbons (Fsp3) is 0.622. The van der Waals surface area contributed by atoms with Crippen molar-refractivity contribution in [1.29, 1.82) is 0 Å². The van der Waals surface area contributed by atoms with Crippen LogP contribution in [0.4, 0.5) is 9.59 Å². The number of halogens is 1. The number of benzene rings is 1. The van der Waals surface area contributed by atoms with Gasteiger partial charge in [-0.2, -0.15) is 12.7 Å². The molecule has 1 aliphatic carbocycles. The summed E-state index contributed by atoms with van der Waals surface area (Å²) in [5.74, 6) is -2.84. The topological polar surface area (TPSA) is 193 Å². The predicted octanol–water partition coefficient (Wildman–Crippen LogP) is 2.90. The molecular weight excluding hydrogens is 756 g/mol. The van der Waals surface area contributed by atoms with E-state index in [1.165, 1.54) is 9.80 Å². The molecule has 3 N–H and O–H groups in total. The number of morpholine rings is 1. The van der Waals surface area contributed by atoms with Gasteiger partial charge in [0, 0.05) is 37.0 Å². The molecule has 0 radical (unpaired) electrons. The Kier molecular flexibility index (Phi) is 12.2. The molecule has 4 heterocycles. The van der Waals surface area contributed by atoms with Gasteiger partial charge < -0.3 is 29.7 Å². The van der Waals surface area contributed by atoms with Gasteiger partial charge in [-0.15, -0.1) is 5.73 Å². The number of ether oxygens (including phenoxy) is 3. The molecule has 1 aromatic carbocycles. The van der Waals surface area contributed by atoms with Gasteiger partial charge in [-0.3, -0.25) is 19.3 Å². The van der Waals surface area contributed by atoms with E-state index in [0.717, 1.165) is 28.3 Å². The van der Waals surface area contributed by atoms with Gasteiger partial charge in [-0.1, -0.05) is 36.6 Å². The van der Waals surface area contributed by atoms with E-state index in [1.807, 2.05) is 12.1 Å². The van der Waals surface area contributed by atoms with Gasteiger partial charge in [-0.25, -0.2) is 14.3 Å². The van der Waals surface area contributed by atoms with Crippen molar-refractivity contribution in [3.8, 4) is 0 Å². The second-order valence-electron chi connectivity index (χ2n) is 15.6. The Morgan fingerprint density at radius 3 is 2.58 bits per heavy atom. The lowest BCUT2D eigenvalue weighted by Crippen LogP contribution is -2.59. The van der Waals surface area contributed by atoms with Crippen LogP contribution in [0.25, 0.3) is 0 Å². The highest BCUT2D eigenvalue weighted by Gasteiger charge is 2.62. The van der Waals surface area contributed by atoms with Crippen molar-refractivity contribution in [3.63, 3.8) is 0 Å². The zero-order chi connectivity index (χ0) is 39.5. The molecule has 5 amide bonds. The van der Waals surface area contributed by atoms with Crippen LogP contribution in [-0.2, 0) is 51.9 Å². The minimum Gasteiger partial charge on any atom is -0.444 e. The molecule has 5 atom stereocenters. The molecule has 2 saturated heterocycles. The predicted molar refractivity (Wildman–Crippen MR) is 198 cm³/mol. The molecule has 300 valence electrons. The molecule has 16 nitrogen and oxygen atoms in total. The molecule has 0 spiro atoms. The Balaban J connectivity index is 1.26. The highest BCUT2D eigenvalue weighted by atomic mass is 35.5. The molecule has 18 heteroatoms. The van der Waals surface area contributed by atoms with Gasteiger partial charge in [-0.05, 0) is 75.8 Å². The van der Waals surface area contributed by atoms with E-state index in [2.05, 4.69) is 21.1 Å². The third-order valence-corrected chi connectivity index (χ3v) is 12.2. The summed E-state index contributed by atoms with van der Waals surface area (Å²) < 4.78 is 46.4. The van der Waals surface area contributed by atoms with Crippen LogP contribution < -0.4 is 15.4 Å². The van der Waals surface area contributed by atoms with Crippen molar-refractivity contribution < 1.29 is 46.6 Å². The largest absolute Gasteiger partial charge is 0.444 e. The lowest BCUT2D eigenvalue weighted by Gasteiger charge is -2.31. The molecule has 1 saturated carbocycles. The minimum absolute atomic E-state index is 0.0579. The van der Waals surface area contributed by atoms with E-state index < -0.39 is 75.4 Å². The van der Waals surface area contributed by atoms with Gasteiger partial charge in [0.25, 0.3) is 5.91 Å². The highest BCUT2D eigenvalue weighted by Crippen LogP contribution is 2.45. The number of alkyl carbamates (subject to hydrolysis) is 1. The van der Waals surface area contributed by atoms with Gasteiger partial charge in [0.1, 0.15) is 29.3 Å². The van der Waals surface area contributed by atoms with Gasteiger partial charge in [0.15, 0.2) is 0 Å². The first-order valence-electron chi connectivity index (χ1n) is 18.7. The first kappa shape index (κ1) is 40.5. The Hall–Kier alpha value is -4.15. The molecule has 55 heavy (non-hydrogen) atoms. The summed E-state index contributed by atoms with van der Waals surface area (Å²) in [6.07, 6.45) is 3.99. The summed E-state index contributed by atoms with van der Waals surface area (Å²) in [4.78, 5) is 71.8. The van der Waals surface area contributed by atoms with Crippen molar-refractivity contribution in [1.82, 2.24) is 29.5 Å². The zero-order valence-corrected chi connectivity index (χ0v) is 32.9. The van der Waals surface area contributed by atoms with Crippen molar-refractivity contribution in [2.24, 2.45) is 5.92 Å². The van der Waals surface area contributed by atoms with Gasteiger partial charge in [0.05, 0.1) is 26.3 Å². The van der Waals surface area contributed by atoms with Crippen LogP contribution in [0.3, 0.4) is 0 Å². The second kappa shape index (κ2) is 16.5. The average Bonchev–Trinajstić information content (AvgIpc) is 3.41. The molecule has 1 aromatic rings. The molecule has 5 aliphatic rings. The molecule has 3 fully saturated rings. The number of nitrogens with one attached hydrogen (secondary N) is 3. The fourth-order valence-corrected chi connectivity index (χ4v) is 8.79. The molecule has 4 aliphatic heterocycles. The van der Waals surface area contributed by atoms with Crippen LogP contribution in [0.15, 0.2) is 36.1 Å². The zero-order valence-electron chi connectivity index (χ0n) is 31.3. The summed E-state index contributed by atoms with van der Waals surface area (Å²) >= 11 is 6.37. The van der Waals surface area contributed by atoms with Crippen molar-refractivity contribution in [2.45, 2.75) is 108 Å². The number of carbonyl (C=O) groups excluding carboxylic acids is 5. The Labute approximate surface area is 326 Å². The van der Waals surface area contributed by atoms with E-state index in [0.29, 0.717) is 17.9 Å². The molecule has 6 rings (SSSR count). The Morgan fingerprint density at radius 2 is 1.85 bits per heavy atom. The molecular formula is C37H49ClN6O10S. The van der Waals surface area contributed by atoms with E-state index in [4.69, 9.17) is 25.8 Å². The first-order valence-corrected chi connectivity index (χ1v) is 20.5. The Morgan fingerprint density at radius 1 is 1.09 bits per heavy atom. The van der Waals surface area contributed by atoms with E-state index in [9.17, 15) is 32.4 Å². The van der Waals surface area contributed by atoms with E-state index in [-0.39, 0.29) is 65.2 Å². The third kappa shape index (κ3) is 9.63. The van der Waals surface area contributed by atoms with E-state index in [1.54, 1.807) is 39.0 Å². The van der Waals surface area contributed by atoms with Gasteiger partial charge in [0.2, 0.25) is 11.8 Å². The number of amides is 5.